The lowest BCUT2D eigenvalue weighted by atomic mass is 9.87. The first-order chi connectivity index (χ1) is 8.16. The molecule has 5 heteroatoms. The second-order valence-electron chi connectivity index (χ2n) is 4.65. The summed E-state index contributed by atoms with van der Waals surface area (Å²) in [6.07, 6.45) is 4.73. The van der Waals surface area contributed by atoms with E-state index in [2.05, 4.69) is 10.3 Å². The van der Waals surface area contributed by atoms with Crippen LogP contribution in [0.2, 0.25) is 0 Å². The highest BCUT2D eigenvalue weighted by Gasteiger charge is 2.21. The van der Waals surface area contributed by atoms with Crippen LogP contribution in [-0.4, -0.2) is 28.6 Å². The van der Waals surface area contributed by atoms with Crippen molar-refractivity contribution in [1.29, 1.82) is 0 Å². The van der Waals surface area contributed by atoms with Crippen LogP contribution in [0.5, 0.6) is 0 Å². The molecule has 2 N–H and O–H groups in total. The van der Waals surface area contributed by atoms with Crippen LogP contribution in [0.25, 0.3) is 0 Å². The van der Waals surface area contributed by atoms with E-state index in [1.54, 1.807) is 6.92 Å². The smallest absolute Gasteiger partial charge is 0.289 e. The molecule has 94 valence electrons. The van der Waals surface area contributed by atoms with Crippen molar-refractivity contribution in [2.75, 3.05) is 6.54 Å². The number of aryl methyl sites for hydroxylation is 1. The molecule has 0 radical (unpaired) electrons. The lowest BCUT2D eigenvalue weighted by Gasteiger charge is -2.25. The number of oxazole rings is 1. The van der Waals surface area contributed by atoms with E-state index in [1.807, 2.05) is 0 Å². The summed E-state index contributed by atoms with van der Waals surface area (Å²) >= 11 is 0. The minimum absolute atomic E-state index is 0.154. The second-order valence-corrected chi connectivity index (χ2v) is 4.65. The molecule has 1 aromatic rings. The Balaban J connectivity index is 1.79. The van der Waals surface area contributed by atoms with Crippen LogP contribution < -0.4 is 5.32 Å². The average molecular weight is 238 g/mol. The summed E-state index contributed by atoms with van der Waals surface area (Å²) < 4.78 is 5.02. The van der Waals surface area contributed by atoms with Crippen LogP contribution in [-0.2, 0) is 0 Å². The van der Waals surface area contributed by atoms with Crippen molar-refractivity contribution in [3.8, 4) is 0 Å². The van der Waals surface area contributed by atoms with E-state index in [4.69, 9.17) is 4.42 Å². The number of nitrogens with zero attached hydrogens (tertiary/aromatic N) is 1. The molecule has 0 spiro atoms. The maximum Gasteiger partial charge on any atom is 0.289 e. The van der Waals surface area contributed by atoms with Crippen LogP contribution in [0.3, 0.4) is 0 Å². The molecule has 0 aromatic carbocycles. The zero-order valence-corrected chi connectivity index (χ0v) is 9.98. The SMILES string of the molecule is Cc1ncoc1C(=O)NCC1CCC(O)CC1. The molecule has 1 amide bonds. The third-order valence-electron chi connectivity index (χ3n) is 3.32. The maximum atomic E-state index is 11.7. The molecule has 1 aromatic heterocycles. The van der Waals surface area contributed by atoms with Gasteiger partial charge in [-0.25, -0.2) is 4.98 Å². The summed E-state index contributed by atoms with van der Waals surface area (Å²) in [6.45, 7) is 2.39. The number of hydrogen-bond acceptors (Lipinski definition) is 4. The Morgan fingerprint density at radius 3 is 2.82 bits per heavy atom. The van der Waals surface area contributed by atoms with Gasteiger partial charge in [0.05, 0.1) is 11.8 Å². The lowest BCUT2D eigenvalue weighted by molar-refractivity contribution is 0.0885. The third-order valence-corrected chi connectivity index (χ3v) is 3.32. The quantitative estimate of drug-likeness (QED) is 0.831. The third kappa shape index (κ3) is 3.06. The zero-order valence-electron chi connectivity index (χ0n) is 9.98. The summed E-state index contributed by atoms with van der Waals surface area (Å²) in [4.78, 5) is 15.6. The minimum atomic E-state index is -0.203. The van der Waals surface area contributed by atoms with Crippen molar-refractivity contribution < 1.29 is 14.3 Å². The summed E-state index contributed by atoms with van der Waals surface area (Å²) in [5.41, 5.74) is 0.613. The first kappa shape index (κ1) is 12.1. The summed E-state index contributed by atoms with van der Waals surface area (Å²) in [6, 6.07) is 0. The molecule has 0 saturated heterocycles. The first-order valence-electron chi connectivity index (χ1n) is 6.03. The second kappa shape index (κ2) is 5.31. The molecule has 0 atom stereocenters. The molecule has 17 heavy (non-hydrogen) atoms. The van der Waals surface area contributed by atoms with E-state index < -0.39 is 0 Å². The number of hydrogen-bond donors (Lipinski definition) is 2. The molecule has 1 heterocycles. The highest BCUT2D eigenvalue weighted by atomic mass is 16.3. The molecule has 2 rings (SSSR count). The van der Waals surface area contributed by atoms with E-state index in [0.29, 0.717) is 23.9 Å². The fourth-order valence-electron chi connectivity index (χ4n) is 2.19. The van der Waals surface area contributed by atoms with Gasteiger partial charge in [0.2, 0.25) is 5.76 Å². The monoisotopic (exact) mass is 238 g/mol. The largest absolute Gasteiger partial charge is 0.438 e. The molecule has 1 fully saturated rings. The van der Waals surface area contributed by atoms with Crippen LogP contribution in [0, 0.1) is 12.8 Å². The van der Waals surface area contributed by atoms with Crippen molar-refractivity contribution >= 4 is 5.91 Å². The van der Waals surface area contributed by atoms with Gasteiger partial charge >= 0.3 is 0 Å². The van der Waals surface area contributed by atoms with Gasteiger partial charge in [0.15, 0.2) is 6.39 Å². The number of aliphatic hydroxyl groups excluding tert-OH is 1. The molecule has 0 aliphatic heterocycles. The van der Waals surface area contributed by atoms with Gasteiger partial charge in [0.1, 0.15) is 0 Å². The van der Waals surface area contributed by atoms with Crippen LogP contribution >= 0.6 is 0 Å². The van der Waals surface area contributed by atoms with Crippen LogP contribution in [0.15, 0.2) is 10.8 Å². The van der Waals surface area contributed by atoms with Gasteiger partial charge in [0, 0.05) is 6.54 Å². The van der Waals surface area contributed by atoms with Crippen molar-refractivity contribution in [3.63, 3.8) is 0 Å². The van der Waals surface area contributed by atoms with Gasteiger partial charge in [-0.15, -0.1) is 0 Å². The average Bonchev–Trinajstić information content (AvgIpc) is 2.74. The predicted molar refractivity (Wildman–Crippen MR) is 61.5 cm³/mol. The number of rotatable bonds is 3. The van der Waals surface area contributed by atoms with E-state index in [9.17, 15) is 9.90 Å². The molecule has 5 nitrogen and oxygen atoms in total. The number of aromatic nitrogens is 1. The molecule has 0 bridgehead atoms. The summed E-state index contributed by atoms with van der Waals surface area (Å²) in [5.74, 6) is 0.553. The Bertz CT molecular complexity index is 381. The fourth-order valence-corrected chi connectivity index (χ4v) is 2.19. The van der Waals surface area contributed by atoms with Crippen molar-refractivity contribution in [3.05, 3.63) is 17.8 Å². The van der Waals surface area contributed by atoms with E-state index >= 15 is 0 Å². The van der Waals surface area contributed by atoms with Gasteiger partial charge in [-0.1, -0.05) is 0 Å². The molecule has 1 aliphatic rings. The van der Waals surface area contributed by atoms with Crippen molar-refractivity contribution in [1.82, 2.24) is 10.3 Å². The lowest BCUT2D eigenvalue weighted by Crippen LogP contribution is -2.32. The minimum Gasteiger partial charge on any atom is -0.438 e. The summed E-state index contributed by atoms with van der Waals surface area (Å²) in [5, 5.41) is 12.2. The van der Waals surface area contributed by atoms with Gasteiger partial charge in [-0.3, -0.25) is 4.79 Å². The molecule has 1 aliphatic carbocycles. The van der Waals surface area contributed by atoms with E-state index in [-0.39, 0.29) is 12.0 Å². The topological polar surface area (TPSA) is 75.4 Å². The van der Waals surface area contributed by atoms with Crippen molar-refractivity contribution in [2.45, 2.75) is 38.7 Å². The van der Waals surface area contributed by atoms with Crippen LogP contribution in [0.4, 0.5) is 0 Å². The van der Waals surface area contributed by atoms with E-state index in [0.717, 1.165) is 25.7 Å². The normalized spacial score (nSPS) is 24.6. The number of aliphatic hydroxyl groups is 1. The Hall–Kier alpha value is -1.36. The number of carbonyl (C=O) groups is 1. The van der Waals surface area contributed by atoms with Crippen LogP contribution in [0.1, 0.15) is 41.9 Å². The Morgan fingerprint density at radius 1 is 1.53 bits per heavy atom. The zero-order chi connectivity index (χ0) is 12.3. The van der Waals surface area contributed by atoms with Gasteiger partial charge in [-0.05, 0) is 38.5 Å². The Labute approximate surface area is 100 Å². The molecule has 0 unspecified atom stereocenters. The summed E-state index contributed by atoms with van der Waals surface area (Å²) in [7, 11) is 0. The first-order valence-corrected chi connectivity index (χ1v) is 6.03. The molecular weight excluding hydrogens is 220 g/mol. The van der Waals surface area contributed by atoms with Gasteiger partial charge in [-0.2, -0.15) is 0 Å². The van der Waals surface area contributed by atoms with E-state index in [1.165, 1.54) is 6.39 Å². The fraction of sp³-hybridized carbons (Fsp3) is 0.667. The highest BCUT2D eigenvalue weighted by Crippen LogP contribution is 2.23. The maximum absolute atomic E-state index is 11.7. The van der Waals surface area contributed by atoms with Gasteiger partial charge < -0.3 is 14.8 Å². The number of amides is 1. The Kier molecular flexibility index (Phi) is 3.78. The standard InChI is InChI=1S/C12H18N2O3/c1-8-11(17-7-14-8)12(16)13-6-9-2-4-10(15)5-3-9/h7,9-10,15H,2-6H2,1H3,(H,13,16). The van der Waals surface area contributed by atoms with Crippen molar-refractivity contribution in [2.24, 2.45) is 5.92 Å². The predicted octanol–water partition coefficient (Wildman–Crippen LogP) is 1.26. The molecule has 1 saturated carbocycles. The Morgan fingerprint density at radius 2 is 2.24 bits per heavy atom. The highest BCUT2D eigenvalue weighted by molar-refractivity contribution is 5.92. The molecular formula is C12H18N2O3. The number of nitrogens with one attached hydrogen (secondary N) is 1. The number of carbonyl (C=O) groups excluding carboxylic acids is 1. The van der Waals surface area contributed by atoms with Gasteiger partial charge in [0.25, 0.3) is 5.91 Å².